The van der Waals surface area contributed by atoms with Crippen LogP contribution in [0.2, 0.25) is 0 Å². The summed E-state index contributed by atoms with van der Waals surface area (Å²) < 4.78 is 0. The van der Waals surface area contributed by atoms with Crippen molar-refractivity contribution in [3.63, 3.8) is 0 Å². The van der Waals surface area contributed by atoms with Gasteiger partial charge in [0.05, 0.1) is 0 Å². The summed E-state index contributed by atoms with van der Waals surface area (Å²) in [4.78, 5) is 0. The first-order chi connectivity index (χ1) is 7.68. The van der Waals surface area contributed by atoms with Gasteiger partial charge in [-0.2, -0.15) is 0 Å². The molecular formula is C16H24. The molecule has 1 fully saturated rings. The van der Waals surface area contributed by atoms with Crippen LogP contribution in [-0.2, 0) is 0 Å². The zero-order chi connectivity index (χ0) is 11.5. The SMILES string of the molecule is Cc1cc(C(C)C)ccc1C1CCCCC1. The van der Waals surface area contributed by atoms with E-state index in [9.17, 15) is 0 Å². The van der Waals surface area contributed by atoms with Gasteiger partial charge in [-0.05, 0) is 48.3 Å². The molecule has 1 aromatic carbocycles. The molecule has 0 aliphatic heterocycles. The number of rotatable bonds is 2. The van der Waals surface area contributed by atoms with E-state index in [-0.39, 0.29) is 0 Å². The zero-order valence-corrected chi connectivity index (χ0v) is 10.9. The smallest absolute Gasteiger partial charge is 0.0159 e. The molecule has 1 aromatic rings. The average Bonchev–Trinajstić information content (AvgIpc) is 2.30. The van der Waals surface area contributed by atoms with Crippen LogP contribution in [0.3, 0.4) is 0 Å². The van der Waals surface area contributed by atoms with Gasteiger partial charge >= 0.3 is 0 Å². The fourth-order valence-electron chi connectivity index (χ4n) is 2.93. The molecule has 1 saturated carbocycles. The lowest BCUT2D eigenvalue weighted by Crippen LogP contribution is -2.06. The maximum Gasteiger partial charge on any atom is -0.0159 e. The molecule has 0 amide bonds. The van der Waals surface area contributed by atoms with E-state index in [1.165, 1.54) is 43.2 Å². The molecule has 0 radical (unpaired) electrons. The lowest BCUT2D eigenvalue weighted by molar-refractivity contribution is 0.442. The fraction of sp³-hybridized carbons (Fsp3) is 0.625. The molecule has 2 rings (SSSR count). The minimum atomic E-state index is 0.652. The van der Waals surface area contributed by atoms with Gasteiger partial charge in [0.25, 0.3) is 0 Å². The Balaban J connectivity index is 2.21. The fourth-order valence-corrected chi connectivity index (χ4v) is 2.93. The molecular weight excluding hydrogens is 192 g/mol. The minimum Gasteiger partial charge on any atom is -0.0587 e. The second-order valence-corrected chi connectivity index (χ2v) is 5.61. The van der Waals surface area contributed by atoms with Gasteiger partial charge < -0.3 is 0 Å². The van der Waals surface area contributed by atoms with Crippen molar-refractivity contribution in [3.8, 4) is 0 Å². The van der Waals surface area contributed by atoms with Gasteiger partial charge in [-0.1, -0.05) is 51.3 Å². The van der Waals surface area contributed by atoms with Gasteiger partial charge in [0.1, 0.15) is 0 Å². The molecule has 0 unspecified atom stereocenters. The van der Waals surface area contributed by atoms with E-state index < -0.39 is 0 Å². The van der Waals surface area contributed by atoms with E-state index in [1.807, 2.05) is 0 Å². The maximum atomic E-state index is 2.40. The first kappa shape index (κ1) is 11.7. The first-order valence-electron chi connectivity index (χ1n) is 6.79. The molecule has 0 heteroatoms. The summed E-state index contributed by atoms with van der Waals surface area (Å²) in [5.74, 6) is 1.49. The highest BCUT2D eigenvalue weighted by atomic mass is 14.2. The molecule has 0 N–H and O–H groups in total. The molecule has 0 saturated heterocycles. The second kappa shape index (κ2) is 5.03. The number of aryl methyl sites for hydroxylation is 1. The number of hydrogen-bond acceptors (Lipinski definition) is 0. The van der Waals surface area contributed by atoms with E-state index in [4.69, 9.17) is 0 Å². The first-order valence-corrected chi connectivity index (χ1v) is 6.79. The molecule has 1 aliphatic carbocycles. The zero-order valence-electron chi connectivity index (χ0n) is 10.9. The molecule has 0 aromatic heterocycles. The van der Waals surface area contributed by atoms with Crippen molar-refractivity contribution >= 4 is 0 Å². The Labute approximate surface area is 100 Å². The van der Waals surface area contributed by atoms with Crippen molar-refractivity contribution in [1.29, 1.82) is 0 Å². The van der Waals surface area contributed by atoms with Crippen molar-refractivity contribution < 1.29 is 0 Å². The van der Waals surface area contributed by atoms with Crippen LogP contribution in [0.15, 0.2) is 18.2 Å². The molecule has 0 spiro atoms. The summed E-state index contributed by atoms with van der Waals surface area (Å²) >= 11 is 0. The van der Waals surface area contributed by atoms with Crippen molar-refractivity contribution in [3.05, 3.63) is 34.9 Å². The van der Waals surface area contributed by atoms with Crippen molar-refractivity contribution in [2.45, 2.75) is 64.7 Å². The highest BCUT2D eigenvalue weighted by Gasteiger charge is 2.17. The molecule has 0 nitrogen and oxygen atoms in total. The van der Waals surface area contributed by atoms with Crippen LogP contribution in [0.25, 0.3) is 0 Å². The van der Waals surface area contributed by atoms with Crippen LogP contribution in [0.1, 0.15) is 74.5 Å². The summed E-state index contributed by atoms with van der Waals surface area (Å²) in [6, 6.07) is 7.12. The summed E-state index contributed by atoms with van der Waals surface area (Å²) in [5.41, 5.74) is 4.61. The number of hydrogen-bond donors (Lipinski definition) is 0. The van der Waals surface area contributed by atoms with Crippen LogP contribution in [0.5, 0.6) is 0 Å². The largest absolute Gasteiger partial charge is 0.0587 e. The lowest BCUT2D eigenvalue weighted by Gasteiger charge is -2.24. The van der Waals surface area contributed by atoms with Gasteiger partial charge in [0, 0.05) is 0 Å². The third-order valence-corrected chi connectivity index (χ3v) is 4.01. The third kappa shape index (κ3) is 2.48. The third-order valence-electron chi connectivity index (χ3n) is 4.01. The van der Waals surface area contributed by atoms with E-state index in [0.29, 0.717) is 5.92 Å². The van der Waals surface area contributed by atoms with Gasteiger partial charge in [-0.3, -0.25) is 0 Å². The van der Waals surface area contributed by atoms with E-state index in [1.54, 1.807) is 5.56 Å². The predicted molar refractivity (Wildman–Crippen MR) is 71.1 cm³/mol. The van der Waals surface area contributed by atoms with E-state index in [2.05, 4.69) is 39.0 Å². The Bertz CT molecular complexity index is 343. The monoisotopic (exact) mass is 216 g/mol. The second-order valence-electron chi connectivity index (χ2n) is 5.61. The lowest BCUT2D eigenvalue weighted by atomic mass is 9.81. The average molecular weight is 216 g/mol. The highest BCUT2D eigenvalue weighted by molar-refractivity contribution is 5.35. The van der Waals surface area contributed by atoms with Crippen LogP contribution in [0, 0.1) is 6.92 Å². The van der Waals surface area contributed by atoms with E-state index in [0.717, 1.165) is 5.92 Å². The predicted octanol–water partition coefficient (Wildman–Crippen LogP) is 5.17. The Morgan fingerprint density at radius 1 is 1.06 bits per heavy atom. The van der Waals surface area contributed by atoms with Gasteiger partial charge in [0.2, 0.25) is 0 Å². The quantitative estimate of drug-likeness (QED) is 0.640. The highest BCUT2D eigenvalue weighted by Crippen LogP contribution is 2.35. The normalized spacial score (nSPS) is 18.0. The standard InChI is InChI=1S/C16H24/c1-12(2)15-9-10-16(13(3)11-15)14-7-5-4-6-8-14/h9-12,14H,4-8H2,1-3H3. The van der Waals surface area contributed by atoms with Crippen molar-refractivity contribution in [1.82, 2.24) is 0 Å². The summed E-state index contributed by atoms with van der Waals surface area (Å²) in [6.45, 7) is 6.83. The van der Waals surface area contributed by atoms with E-state index >= 15 is 0 Å². The van der Waals surface area contributed by atoms with Crippen LogP contribution in [-0.4, -0.2) is 0 Å². The van der Waals surface area contributed by atoms with Crippen molar-refractivity contribution in [2.75, 3.05) is 0 Å². The van der Waals surface area contributed by atoms with Gasteiger partial charge in [0.15, 0.2) is 0 Å². The topological polar surface area (TPSA) is 0 Å². The number of benzene rings is 1. The molecule has 16 heavy (non-hydrogen) atoms. The summed E-state index contributed by atoms with van der Waals surface area (Å²) in [5, 5.41) is 0. The van der Waals surface area contributed by atoms with Crippen LogP contribution >= 0.6 is 0 Å². The van der Waals surface area contributed by atoms with Gasteiger partial charge in [-0.15, -0.1) is 0 Å². The Hall–Kier alpha value is -0.780. The van der Waals surface area contributed by atoms with Crippen molar-refractivity contribution in [2.24, 2.45) is 0 Å². The summed E-state index contributed by atoms with van der Waals surface area (Å²) in [7, 11) is 0. The van der Waals surface area contributed by atoms with Crippen LogP contribution in [0.4, 0.5) is 0 Å². The molecule has 0 bridgehead atoms. The Kier molecular flexibility index (Phi) is 3.68. The maximum absolute atomic E-state index is 2.40. The minimum absolute atomic E-state index is 0.652. The summed E-state index contributed by atoms with van der Waals surface area (Å²) in [6.07, 6.45) is 7.11. The Morgan fingerprint density at radius 2 is 1.75 bits per heavy atom. The Morgan fingerprint density at radius 3 is 2.31 bits per heavy atom. The van der Waals surface area contributed by atoms with Gasteiger partial charge in [-0.25, -0.2) is 0 Å². The molecule has 1 aliphatic rings. The molecule has 88 valence electrons. The molecule has 0 atom stereocenters. The molecule has 0 heterocycles. The van der Waals surface area contributed by atoms with Crippen LogP contribution < -0.4 is 0 Å².